The molecule has 1 saturated carbocycles. The fourth-order valence-electron chi connectivity index (χ4n) is 2.86. The van der Waals surface area contributed by atoms with Crippen LogP contribution in [0.1, 0.15) is 57.4 Å². The lowest BCUT2D eigenvalue weighted by atomic mass is 9.85. The van der Waals surface area contributed by atoms with Crippen molar-refractivity contribution >= 4 is 0 Å². The molecule has 0 atom stereocenters. The minimum atomic E-state index is 0.825. The molecule has 1 heteroatoms. The summed E-state index contributed by atoms with van der Waals surface area (Å²) in [6.07, 6.45) is 10.9. The molecule has 0 aliphatic heterocycles. The van der Waals surface area contributed by atoms with Crippen LogP contribution in [0.5, 0.6) is 5.75 Å². The largest absolute Gasteiger partial charge is 0.494 e. The van der Waals surface area contributed by atoms with Gasteiger partial charge in [-0.2, -0.15) is 0 Å². The van der Waals surface area contributed by atoms with Crippen molar-refractivity contribution in [1.29, 1.82) is 0 Å². The van der Waals surface area contributed by atoms with Crippen molar-refractivity contribution in [2.45, 2.75) is 58.3 Å². The summed E-state index contributed by atoms with van der Waals surface area (Å²) in [6.45, 7) is 2.97. The fourth-order valence-corrected chi connectivity index (χ4v) is 2.86. The third-order valence-corrected chi connectivity index (χ3v) is 3.94. The molecular formula is C17H26O. The van der Waals surface area contributed by atoms with Crippen molar-refractivity contribution in [2.75, 3.05) is 6.61 Å². The lowest BCUT2D eigenvalue weighted by Gasteiger charge is -2.21. The van der Waals surface area contributed by atoms with Gasteiger partial charge in [0.05, 0.1) is 6.61 Å². The highest BCUT2D eigenvalue weighted by atomic mass is 16.5. The van der Waals surface area contributed by atoms with Crippen molar-refractivity contribution in [3.8, 4) is 5.75 Å². The Hall–Kier alpha value is -0.980. The molecule has 1 aliphatic carbocycles. The standard InChI is InChI=1S/C17H26O/c1-2-13-18-17-10-6-9-16(14-17)12-11-15-7-4-3-5-8-15/h6,9-10,14-15H,2-5,7-8,11-13H2,1H3. The van der Waals surface area contributed by atoms with Crippen molar-refractivity contribution < 1.29 is 4.74 Å². The third-order valence-electron chi connectivity index (χ3n) is 3.94. The van der Waals surface area contributed by atoms with E-state index in [2.05, 4.69) is 31.2 Å². The van der Waals surface area contributed by atoms with Crippen LogP contribution in [0, 0.1) is 5.92 Å². The summed E-state index contributed by atoms with van der Waals surface area (Å²) in [4.78, 5) is 0. The lowest BCUT2D eigenvalue weighted by molar-refractivity contribution is 0.316. The molecule has 1 aromatic carbocycles. The van der Waals surface area contributed by atoms with Crippen LogP contribution < -0.4 is 4.74 Å². The van der Waals surface area contributed by atoms with Gasteiger partial charge in [-0.05, 0) is 42.9 Å². The van der Waals surface area contributed by atoms with E-state index in [9.17, 15) is 0 Å². The second-order valence-electron chi connectivity index (χ2n) is 5.54. The van der Waals surface area contributed by atoms with E-state index in [1.165, 1.54) is 50.5 Å². The van der Waals surface area contributed by atoms with E-state index in [1.54, 1.807) is 0 Å². The lowest BCUT2D eigenvalue weighted by Crippen LogP contribution is -2.07. The normalized spacial score (nSPS) is 16.7. The highest BCUT2D eigenvalue weighted by molar-refractivity contribution is 5.28. The van der Waals surface area contributed by atoms with Crippen molar-refractivity contribution in [1.82, 2.24) is 0 Å². The van der Waals surface area contributed by atoms with Gasteiger partial charge in [-0.3, -0.25) is 0 Å². The van der Waals surface area contributed by atoms with Gasteiger partial charge in [0, 0.05) is 0 Å². The van der Waals surface area contributed by atoms with Gasteiger partial charge in [0.1, 0.15) is 5.75 Å². The van der Waals surface area contributed by atoms with Crippen molar-refractivity contribution in [3.63, 3.8) is 0 Å². The average Bonchev–Trinajstić information content (AvgIpc) is 2.44. The van der Waals surface area contributed by atoms with E-state index in [0.29, 0.717) is 0 Å². The van der Waals surface area contributed by atoms with E-state index >= 15 is 0 Å². The molecule has 0 unspecified atom stereocenters. The average molecular weight is 246 g/mol. The Morgan fingerprint density at radius 3 is 2.78 bits per heavy atom. The maximum atomic E-state index is 5.69. The Morgan fingerprint density at radius 1 is 1.17 bits per heavy atom. The molecule has 1 nitrogen and oxygen atoms in total. The Balaban J connectivity index is 1.80. The highest BCUT2D eigenvalue weighted by Crippen LogP contribution is 2.28. The number of hydrogen-bond acceptors (Lipinski definition) is 1. The summed E-state index contributed by atoms with van der Waals surface area (Å²) in [5, 5.41) is 0. The molecule has 1 aromatic rings. The summed E-state index contributed by atoms with van der Waals surface area (Å²) in [5.74, 6) is 2.01. The molecule has 0 bridgehead atoms. The molecule has 0 heterocycles. The van der Waals surface area contributed by atoms with Crippen LogP contribution >= 0.6 is 0 Å². The second kappa shape index (κ2) is 7.45. The second-order valence-corrected chi connectivity index (χ2v) is 5.54. The van der Waals surface area contributed by atoms with Gasteiger partial charge in [-0.25, -0.2) is 0 Å². The summed E-state index contributed by atoms with van der Waals surface area (Å²) in [6, 6.07) is 8.65. The molecule has 18 heavy (non-hydrogen) atoms. The minimum Gasteiger partial charge on any atom is -0.494 e. The van der Waals surface area contributed by atoms with Crippen LogP contribution in [0.2, 0.25) is 0 Å². The topological polar surface area (TPSA) is 9.23 Å². The molecule has 0 amide bonds. The van der Waals surface area contributed by atoms with Gasteiger partial charge in [-0.1, -0.05) is 51.2 Å². The molecule has 0 radical (unpaired) electrons. The van der Waals surface area contributed by atoms with Gasteiger partial charge in [0.2, 0.25) is 0 Å². The van der Waals surface area contributed by atoms with Gasteiger partial charge >= 0.3 is 0 Å². The molecule has 0 saturated heterocycles. The molecule has 0 spiro atoms. The molecule has 0 N–H and O–H groups in total. The highest BCUT2D eigenvalue weighted by Gasteiger charge is 2.13. The van der Waals surface area contributed by atoms with E-state index < -0.39 is 0 Å². The first-order chi connectivity index (χ1) is 8.88. The zero-order valence-electron chi connectivity index (χ0n) is 11.7. The number of ether oxygens (including phenoxy) is 1. The van der Waals surface area contributed by atoms with Crippen LogP contribution in [0.15, 0.2) is 24.3 Å². The first-order valence-corrected chi connectivity index (χ1v) is 7.60. The van der Waals surface area contributed by atoms with Crippen molar-refractivity contribution in [2.24, 2.45) is 5.92 Å². The van der Waals surface area contributed by atoms with E-state index in [0.717, 1.165) is 24.7 Å². The van der Waals surface area contributed by atoms with Crippen LogP contribution in [0.4, 0.5) is 0 Å². The van der Waals surface area contributed by atoms with Crippen LogP contribution in [-0.4, -0.2) is 6.61 Å². The number of rotatable bonds is 6. The van der Waals surface area contributed by atoms with E-state index in [-0.39, 0.29) is 0 Å². The predicted octanol–water partition coefficient (Wildman–Crippen LogP) is 4.99. The smallest absolute Gasteiger partial charge is 0.119 e. The van der Waals surface area contributed by atoms with Crippen LogP contribution in [-0.2, 0) is 6.42 Å². The Morgan fingerprint density at radius 2 is 2.00 bits per heavy atom. The number of hydrogen-bond donors (Lipinski definition) is 0. The van der Waals surface area contributed by atoms with E-state index in [4.69, 9.17) is 4.74 Å². The van der Waals surface area contributed by atoms with Gasteiger partial charge in [0.15, 0.2) is 0 Å². The van der Waals surface area contributed by atoms with Crippen LogP contribution in [0.25, 0.3) is 0 Å². The first-order valence-electron chi connectivity index (χ1n) is 7.60. The molecule has 0 aromatic heterocycles. The van der Waals surface area contributed by atoms with Gasteiger partial charge in [-0.15, -0.1) is 0 Å². The van der Waals surface area contributed by atoms with E-state index in [1.807, 2.05) is 0 Å². The van der Waals surface area contributed by atoms with Gasteiger partial charge in [0.25, 0.3) is 0 Å². The quantitative estimate of drug-likeness (QED) is 0.687. The monoisotopic (exact) mass is 246 g/mol. The first kappa shape index (κ1) is 13.5. The maximum Gasteiger partial charge on any atom is 0.119 e. The molecule has 1 aliphatic rings. The zero-order chi connectivity index (χ0) is 12.6. The predicted molar refractivity (Wildman–Crippen MR) is 77.1 cm³/mol. The minimum absolute atomic E-state index is 0.825. The summed E-state index contributed by atoms with van der Waals surface area (Å²) < 4.78 is 5.69. The molecule has 2 rings (SSSR count). The number of aryl methyl sites for hydroxylation is 1. The van der Waals surface area contributed by atoms with Crippen molar-refractivity contribution in [3.05, 3.63) is 29.8 Å². The number of benzene rings is 1. The molecule has 1 fully saturated rings. The molecular weight excluding hydrogens is 220 g/mol. The SMILES string of the molecule is CCCOc1cccc(CCC2CCCCC2)c1. The Kier molecular flexibility index (Phi) is 5.57. The van der Waals surface area contributed by atoms with Crippen LogP contribution in [0.3, 0.4) is 0 Å². The summed E-state index contributed by atoms with van der Waals surface area (Å²) >= 11 is 0. The summed E-state index contributed by atoms with van der Waals surface area (Å²) in [7, 11) is 0. The van der Waals surface area contributed by atoms with Gasteiger partial charge < -0.3 is 4.74 Å². The molecule has 100 valence electrons. The zero-order valence-corrected chi connectivity index (χ0v) is 11.7. The maximum absolute atomic E-state index is 5.69. The Bertz CT molecular complexity index is 339. The third kappa shape index (κ3) is 4.36. The summed E-state index contributed by atoms with van der Waals surface area (Å²) in [5.41, 5.74) is 1.44. The Labute approximate surface area is 112 Å². The fraction of sp³-hybridized carbons (Fsp3) is 0.647.